The maximum Gasteiger partial charge on any atom is 0.344 e. The number of aryl methyl sites for hydroxylation is 2. The number of hydrogen-bond acceptors (Lipinski definition) is 5. The highest BCUT2D eigenvalue weighted by atomic mass is 35.5. The zero-order chi connectivity index (χ0) is 18.4. The number of hydrogen-bond donors (Lipinski definition) is 2. The Bertz CT molecular complexity index is 622. The zero-order valence-electron chi connectivity index (χ0n) is 14.0. The lowest BCUT2D eigenvalue weighted by molar-refractivity contribution is -0.160. The monoisotopic (exact) mass is 356 g/mol. The Morgan fingerprint density at radius 1 is 1.21 bits per heavy atom. The van der Waals surface area contributed by atoms with E-state index in [4.69, 9.17) is 26.8 Å². The van der Waals surface area contributed by atoms with E-state index in [-0.39, 0.29) is 12.5 Å². The summed E-state index contributed by atoms with van der Waals surface area (Å²) in [5.74, 6) is -1.32. The molecule has 0 bridgehead atoms. The number of ether oxygens (including phenoxy) is 2. The average molecular weight is 357 g/mol. The van der Waals surface area contributed by atoms with Crippen LogP contribution in [0.25, 0.3) is 0 Å². The van der Waals surface area contributed by atoms with E-state index < -0.39 is 24.0 Å². The maximum atomic E-state index is 11.9. The molecule has 0 aromatic heterocycles. The predicted molar refractivity (Wildman–Crippen MR) is 88.9 cm³/mol. The van der Waals surface area contributed by atoms with E-state index in [1.807, 2.05) is 5.32 Å². The quantitative estimate of drug-likeness (QED) is 0.759. The minimum Gasteiger partial charge on any atom is -0.481 e. The van der Waals surface area contributed by atoms with Crippen LogP contribution >= 0.6 is 11.6 Å². The van der Waals surface area contributed by atoms with Crippen molar-refractivity contribution < 1.29 is 23.9 Å². The van der Waals surface area contributed by atoms with Gasteiger partial charge >= 0.3 is 12.0 Å². The van der Waals surface area contributed by atoms with Crippen molar-refractivity contribution in [2.45, 2.75) is 33.8 Å². The van der Waals surface area contributed by atoms with Crippen LogP contribution in [0, 0.1) is 19.8 Å². The number of esters is 1. The van der Waals surface area contributed by atoms with Crippen molar-refractivity contribution in [1.29, 1.82) is 0 Å². The van der Waals surface area contributed by atoms with Crippen LogP contribution in [0.3, 0.4) is 0 Å². The van der Waals surface area contributed by atoms with Crippen LogP contribution in [0.4, 0.5) is 4.79 Å². The first-order valence-electron chi connectivity index (χ1n) is 7.31. The summed E-state index contributed by atoms with van der Waals surface area (Å²) in [5.41, 5.74) is 6.45. The van der Waals surface area contributed by atoms with Gasteiger partial charge in [0.1, 0.15) is 5.75 Å². The summed E-state index contributed by atoms with van der Waals surface area (Å²) in [6, 6.07) is 2.42. The molecule has 0 fully saturated rings. The van der Waals surface area contributed by atoms with Gasteiger partial charge in [0.25, 0.3) is 5.91 Å². The van der Waals surface area contributed by atoms with Crippen LogP contribution in [0.5, 0.6) is 5.75 Å². The molecule has 3 N–H and O–H groups in total. The third kappa shape index (κ3) is 5.73. The number of imide groups is 1. The molecule has 0 aliphatic carbocycles. The third-order valence-electron chi connectivity index (χ3n) is 3.13. The molecule has 1 aromatic carbocycles. The fourth-order valence-corrected chi connectivity index (χ4v) is 2.44. The molecule has 3 amide bonds. The molecule has 0 spiro atoms. The van der Waals surface area contributed by atoms with E-state index in [0.29, 0.717) is 10.8 Å². The smallest absolute Gasteiger partial charge is 0.344 e. The second-order valence-electron chi connectivity index (χ2n) is 5.67. The molecular formula is C16H21ClN2O5. The van der Waals surface area contributed by atoms with Crippen LogP contribution in [0.1, 0.15) is 25.0 Å². The fourth-order valence-electron chi connectivity index (χ4n) is 2.12. The Morgan fingerprint density at radius 3 is 2.21 bits per heavy atom. The van der Waals surface area contributed by atoms with Crippen LogP contribution in [0.2, 0.25) is 5.02 Å². The van der Waals surface area contributed by atoms with E-state index in [0.717, 1.165) is 11.1 Å². The predicted octanol–water partition coefficient (Wildman–Crippen LogP) is 2.10. The van der Waals surface area contributed by atoms with Crippen molar-refractivity contribution in [3.05, 3.63) is 28.3 Å². The number of benzene rings is 1. The van der Waals surface area contributed by atoms with Gasteiger partial charge in [-0.1, -0.05) is 25.4 Å². The number of carbonyl (C=O) groups excluding carboxylic acids is 3. The molecule has 24 heavy (non-hydrogen) atoms. The minimum absolute atomic E-state index is 0.340. The normalized spacial score (nSPS) is 11.8. The van der Waals surface area contributed by atoms with Gasteiger partial charge in [-0.2, -0.15) is 0 Å². The number of carbonyl (C=O) groups is 3. The van der Waals surface area contributed by atoms with Gasteiger partial charge in [-0.05, 0) is 43.0 Å². The summed E-state index contributed by atoms with van der Waals surface area (Å²) in [6.45, 7) is 6.57. The van der Waals surface area contributed by atoms with Crippen LogP contribution in [-0.2, 0) is 14.3 Å². The molecule has 0 aliphatic heterocycles. The van der Waals surface area contributed by atoms with Crippen LogP contribution in [-0.4, -0.2) is 30.6 Å². The SMILES string of the molecule is Cc1cc(Cl)cc(C)c1OCC(=O)O[C@H](C(=O)NC(N)=O)C(C)C. The highest BCUT2D eigenvalue weighted by Crippen LogP contribution is 2.27. The molecular weight excluding hydrogens is 336 g/mol. The largest absolute Gasteiger partial charge is 0.481 e. The van der Waals surface area contributed by atoms with Gasteiger partial charge in [0.15, 0.2) is 12.7 Å². The summed E-state index contributed by atoms with van der Waals surface area (Å²) >= 11 is 5.94. The third-order valence-corrected chi connectivity index (χ3v) is 3.35. The van der Waals surface area contributed by atoms with Gasteiger partial charge in [0.2, 0.25) is 0 Å². The van der Waals surface area contributed by atoms with Crippen LogP contribution in [0.15, 0.2) is 12.1 Å². The minimum atomic E-state index is -1.14. The van der Waals surface area contributed by atoms with E-state index in [9.17, 15) is 14.4 Å². The Labute approximate surface area is 145 Å². The number of urea groups is 1. The number of rotatable bonds is 6. The van der Waals surface area contributed by atoms with Crippen molar-refractivity contribution in [1.82, 2.24) is 5.32 Å². The van der Waals surface area contributed by atoms with Crippen LogP contribution < -0.4 is 15.8 Å². The lowest BCUT2D eigenvalue weighted by Gasteiger charge is -2.20. The van der Waals surface area contributed by atoms with E-state index in [1.165, 1.54) is 0 Å². The number of nitrogens with one attached hydrogen (secondary N) is 1. The summed E-state index contributed by atoms with van der Waals surface area (Å²) < 4.78 is 10.6. The molecule has 1 atom stereocenters. The first-order valence-corrected chi connectivity index (χ1v) is 7.69. The molecule has 0 aliphatic rings. The van der Waals surface area contributed by atoms with Gasteiger partial charge in [-0.15, -0.1) is 0 Å². The molecule has 8 heteroatoms. The van der Waals surface area contributed by atoms with Gasteiger partial charge < -0.3 is 15.2 Å². The molecule has 0 radical (unpaired) electrons. The first kappa shape index (κ1) is 19.8. The highest BCUT2D eigenvalue weighted by Gasteiger charge is 2.27. The second-order valence-corrected chi connectivity index (χ2v) is 6.10. The molecule has 0 saturated heterocycles. The van der Waals surface area contributed by atoms with Crippen molar-refractivity contribution in [3.63, 3.8) is 0 Å². The molecule has 1 rings (SSSR count). The number of primary amides is 1. The fraction of sp³-hybridized carbons (Fsp3) is 0.438. The van der Waals surface area contributed by atoms with Gasteiger partial charge in [0.05, 0.1) is 0 Å². The molecule has 132 valence electrons. The molecule has 0 heterocycles. The van der Waals surface area contributed by atoms with Crippen molar-refractivity contribution in [2.75, 3.05) is 6.61 Å². The maximum absolute atomic E-state index is 11.9. The van der Waals surface area contributed by atoms with E-state index in [2.05, 4.69) is 0 Å². The Kier molecular flexibility index (Phi) is 7.03. The zero-order valence-corrected chi connectivity index (χ0v) is 14.8. The Balaban J connectivity index is 2.71. The molecule has 7 nitrogen and oxygen atoms in total. The topological polar surface area (TPSA) is 108 Å². The van der Waals surface area contributed by atoms with Crippen molar-refractivity contribution in [3.8, 4) is 5.75 Å². The van der Waals surface area contributed by atoms with Gasteiger partial charge in [-0.25, -0.2) is 9.59 Å². The van der Waals surface area contributed by atoms with E-state index >= 15 is 0 Å². The van der Waals surface area contributed by atoms with Crippen molar-refractivity contribution in [2.24, 2.45) is 11.7 Å². The van der Waals surface area contributed by atoms with E-state index in [1.54, 1.807) is 39.8 Å². The molecule has 1 aromatic rings. The molecule has 0 saturated carbocycles. The standard InChI is InChI=1S/C16H21ClN2O5/c1-8(2)13(15(21)19-16(18)22)24-12(20)7-23-14-9(3)5-11(17)6-10(14)4/h5-6,8,13H,7H2,1-4H3,(H3,18,19,21,22)/t13-/m0/s1. The first-order chi connectivity index (χ1) is 11.1. The Morgan fingerprint density at radius 2 is 1.75 bits per heavy atom. The summed E-state index contributed by atoms with van der Waals surface area (Å²) in [6.07, 6.45) is -1.14. The average Bonchev–Trinajstić information content (AvgIpc) is 2.42. The van der Waals surface area contributed by atoms with Gasteiger partial charge in [-0.3, -0.25) is 10.1 Å². The number of halogens is 1. The van der Waals surface area contributed by atoms with Gasteiger partial charge in [0, 0.05) is 5.02 Å². The van der Waals surface area contributed by atoms with Crippen molar-refractivity contribution >= 4 is 29.5 Å². The lowest BCUT2D eigenvalue weighted by Crippen LogP contribution is -2.46. The number of nitrogens with two attached hydrogens (primary N) is 1. The molecule has 0 unspecified atom stereocenters. The Hall–Kier alpha value is -2.28. The number of amides is 3. The highest BCUT2D eigenvalue weighted by molar-refractivity contribution is 6.30. The lowest BCUT2D eigenvalue weighted by atomic mass is 10.1. The summed E-state index contributed by atoms with van der Waals surface area (Å²) in [5, 5.41) is 2.47. The second kappa shape index (κ2) is 8.54. The summed E-state index contributed by atoms with van der Waals surface area (Å²) in [4.78, 5) is 34.5. The summed E-state index contributed by atoms with van der Waals surface area (Å²) in [7, 11) is 0.